The molecule has 0 aliphatic heterocycles. The lowest BCUT2D eigenvalue weighted by atomic mass is 10.1. The molecule has 0 bridgehead atoms. The van der Waals surface area contributed by atoms with Crippen molar-refractivity contribution < 1.29 is 35.6 Å². The molecule has 0 saturated heterocycles. The normalized spacial score (nSPS) is 12.1. The third kappa shape index (κ3) is 4.61. The smallest absolute Gasteiger partial charge is 0.450 e. The van der Waals surface area contributed by atoms with Gasteiger partial charge in [-0.25, -0.2) is 0 Å². The molecule has 0 spiro atoms. The van der Waals surface area contributed by atoms with Crippen molar-refractivity contribution in [3.8, 4) is 11.3 Å². The minimum absolute atomic E-state index is 0.184. The Labute approximate surface area is 161 Å². The molecule has 3 nitrogen and oxygen atoms in total. The monoisotopic (exact) mass is 413 g/mol. The molecule has 1 heterocycles. The number of furan rings is 1. The van der Waals surface area contributed by atoms with E-state index < -0.39 is 35.1 Å². The van der Waals surface area contributed by atoms with Crippen molar-refractivity contribution in [2.24, 2.45) is 0 Å². The number of aryl methyl sites for hydroxylation is 1. The molecule has 1 amide bonds. The highest BCUT2D eigenvalue weighted by molar-refractivity contribution is 6.05. The van der Waals surface area contributed by atoms with Crippen molar-refractivity contribution in [1.29, 1.82) is 0 Å². The van der Waals surface area contributed by atoms with E-state index in [-0.39, 0.29) is 17.0 Å². The number of hydrogen-bond acceptors (Lipinski definition) is 2. The van der Waals surface area contributed by atoms with E-state index in [0.717, 1.165) is 12.1 Å². The first kappa shape index (κ1) is 20.5. The van der Waals surface area contributed by atoms with E-state index in [1.165, 1.54) is 25.1 Å². The number of rotatable bonds is 3. The number of halogens is 6. The van der Waals surface area contributed by atoms with Crippen LogP contribution in [0.25, 0.3) is 11.3 Å². The maximum Gasteiger partial charge on any atom is 0.450 e. The minimum Gasteiger partial charge on any atom is -0.451 e. The summed E-state index contributed by atoms with van der Waals surface area (Å²) in [6.45, 7) is 1.37. The summed E-state index contributed by atoms with van der Waals surface area (Å²) in [7, 11) is 0. The van der Waals surface area contributed by atoms with E-state index in [1.54, 1.807) is 18.2 Å². The van der Waals surface area contributed by atoms with E-state index in [9.17, 15) is 31.1 Å². The van der Waals surface area contributed by atoms with Gasteiger partial charge < -0.3 is 9.73 Å². The van der Waals surface area contributed by atoms with Crippen LogP contribution >= 0.6 is 0 Å². The summed E-state index contributed by atoms with van der Waals surface area (Å²) in [6.07, 6.45) is -9.64. The Hall–Kier alpha value is -3.23. The van der Waals surface area contributed by atoms with Crippen molar-refractivity contribution >= 4 is 11.6 Å². The lowest BCUT2D eigenvalue weighted by Crippen LogP contribution is -2.17. The summed E-state index contributed by atoms with van der Waals surface area (Å²) in [5.74, 6) is -2.96. The summed E-state index contributed by atoms with van der Waals surface area (Å²) in [5.41, 5.74) is -1.64. The van der Waals surface area contributed by atoms with Gasteiger partial charge in [-0.3, -0.25) is 4.79 Å². The van der Waals surface area contributed by atoms with Gasteiger partial charge in [-0.1, -0.05) is 30.3 Å². The third-order valence-corrected chi connectivity index (χ3v) is 3.96. The van der Waals surface area contributed by atoms with Gasteiger partial charge >= 0.3 is 12.4 Å². The Kier molecular flexibility index (Phi) is 5.16. The summed E-state index contributed by atoms with van der Waals surface area (Å²) in [5, 5.41) is 2.09. The van der Waals surface area contributed by atoms with E-state index >= 15 is 0 Å². The quantitative estimate of drug-likeness (QED) is 0.495. The Morgan fingerprint density at radius 1 is 0.897 bits per heavy atom. The Bertz CT molecular complexity index is 1040. The zero-order chi connectivity index (χ0) is 21.4. The van der Waals surface area contributed by atoms with Crippen LogP contribution in [0.15, 0.2) is 59.0 Å². The SMILES string of the molecule is Cc1cc(NC(=O)c2cc(-c3ccccc3)oc2C(F)(F)F)cc(C(F)(F)F)c1. The molecule has 9 heteroatoms. The lowest BCUT2D eigenvalue weighted by molar-refractivity contribution is -0.153. The number of alkyl halides is 6. The van der Waals surface area contributed by atoms with Gasteiger partial charge in [-0.2, -0.15) is 26.3 Å². The first-order valence-electron chi connectivity index (χ1n) is 8.22. The second kappa shape index (κ2) is 7.31. The van der Waals surface area contributed by atoms with Crippen LogP contribution < -0.4 is 5.32 Å². The molecule has 2 aromatic carbocycles. The fourth-order valence-corrected chi connectivity index (χ4v) is 2.73. The lowest BCUT2D eigenvalue weighted by Gasteiger charge is -2.12. The van der Waals surface area contributed by atoms with E-state index in [4.69, 9.17) is 4.42 Å². The molecule has 29 heavy (non-hydrogen) atoms. The summed E-state index contributed by atoms with van der Waals surface area (Å²) in [6, 6.07) is 11.5. The molecular weight excluding hydrogens is 400 g/mol. The Balaban J connectivity index is 1.99. The molecule has 0 unspecified atom stereocenters. The number of carbonyl (C=O) groups excluding carboxylic acids is 1. The molecule has 0 aliphatic rings. The van der Waals surface area contributed by atoms with E-state index in [1.807, 2.05) is 0 Å². The topological polar surface area (TPSA) is 42.2 Å². The molecule has 3 aromatic rings. The van der Waals surface area contributed by atoms with Crippen molar-refractivity contribution in [3.63, 3.8) is 0 Å². The van der Waals surface area contributed by atoms with Gasteiger partial charge in [0.05, 0.1) is 11.1 Å². The highest BCUT2D eigenvalue weighted by Gasteiger charge is 2.40. The zero-order valence-corrected chi connectivity index (χ0v) is 14.8. The molecular formula is C20H13F6NO2. The van der Waals surface area contributed by atoms with Gasteiger partial charge in [-0.05, 0) is 36.8 Å². The van der Waals surface area contributed by atoms with Crippen LogP contribution in [-0.4, -0.2) is 5.91 Å². The average Bonchev–Trinajstić information content (AvgIpc) is 3.07. The highest BCUT2D eigenvalue weighted by atomic mass is 19.4. The van der Waals surface area contributed by atoms with Crippen LogP contribution in [0.4, 0.5) is 32.0 Å². The molecule has 0 aliphatic carbocycles. The molecule has 1 N–H and O–H groups in total. The predicted molar refractivity (Wildman–Crippen MR) is 93.3 cm³/mol. The van der Waals surface area contributed by atoms with Crippen LogP contribution in [0, 0.1) is 6.92 Å². The molecule has 152 valence electrons. The van der Waals surface area contributed by atoms with Gasteiger partial charge in [0.1, 0.15) is 5.76 Å². The largest absolute Gasteiger partial charge is 0.451 e. The second-order valence-electron chi connectivity index (χ2n) is 6.26. The predicted octanol–water partition coefficient (Wildman–Crippen LogP) is 6.54. The molecule has 0 fully saturated rings. The number of amides is 1. The third-order valence-electron chi connectivity index (χ3n) is 3.96. The van der Waals surface area contributed by atoms with Gasteiger partial charge in [0.2, 0.25) is 5.76 Å². The minimum atomic E-state index is -4.97. The summed E-state index contributed by atoms with van der Waals surface area (Å²) >= 11 is 0. The number of carbonyl (C=O) groups is 1. The van der Waals surface area contributed by atoms with Gasteiger partial charge in [-0.15, -0.1) is 0 Å². The average molecular weight is 413 g/mol. The van der Waals surface area contributed by atoms with Crippen molar-refractivity contribution in [3.05, 3.63) is 77.0 Å². The highest BCUT2D eigenvalue weighted by Crippen LogP contribution is 2.38. The molecule has 1 aromatic heterocycles. The fraction of sp³-hybridized carbons (Fsp3) is 0.150. The van der Waals surface area contributed by atoms with Gasteiger partial charge in [0.25, 0.3) is 5.91 Å². The van der Waals surface area contributed by atoms with Crippen molar-refractivity contribution in [2.45, 2.75) is 19.3 Å². The van der Waals surface area contributed by atoms with Crippen LogP contribution in [-0.2, 0) is 12.4 Å². The summed E-state index contributed by atoms with van der Waals surface area (Å²) in [4.78, 5) is 12.4. The van der Waals surface area contributed by atoms with Gasteiger partial charge in [0.15, 0.2) is 0 Å². The first-order valence-corrected chi connectivity index (χ1v) is 8.22. The zero-order valence-electron chi connectivity index (χ0n) is 14.8. The summed E-state index contributed by atoms with van der Waals surface area (Å²) < 4.78 is 83.7. The van der Waals surface area contributed by atoms with Crippen LogP contribution in [0.5, 0.6) is 0 Å². The number of hydrogen-bond donors (Lipinski definition) is 1. The number of benzene rings is 2. The van der Waals surface area contributed by atoms with Crippen LogP contribution in [0.3, 0.4) is 0 Å². The second-order valence-corrected chi connectivity index (χ2v) is 6.26. The molecule has 0 saturated carbocycles. The van der Waals surface area contributed by atoms with Gasteiger partial charge in [0, 0.05) is 11.3 Å². The number of nitrogens with one attached hydrogen (secondary N) is 1. The number of anilines is 1. The van der Waals surface area contributed by atoms with E-state index in [0.29, 0.717) is 11.6 Å². The van der Waals surface area contributed by atoms with Crippen LogP contribution in [0.2, 0.25) is 0 Å². The van der Waals surface area contributed by atoms with Crippen molar-refractivity contribution in [1.82, 2.24) is 0 Å². The van der Waals surface area contributed by atoms with Crippen molar-refractivity contribution in [2.75, 3.05) is 5.32 Å². The van der Waals surface area contributed by atoms with E-state index in [2.05, 4.69) is 5.32 Å². The Morgan fingerprint density at radius 3 is 2.14 bits per heavy atom. The molecule has 0 radical (unpaired) electrons. The Morgan fingerprint density at radius 2 is 1.55 bits per heavy atom. The maximum atomic E-state index is 13.3. The first-order chi connectivity index (χ1) is 13.4. The van der Waals surface area contributed by atoms with Crippen LogP contribution in [0.1, 0.15) is 27.2 Å². The standard InChI is InChI=1S/C20H13F6NO2/c1-11-7-13(19(21,22)23)9-14(8-11)27-18(28)15-10-16(12-5-3-2-4-6-12)29-17(15)20(24,25)26/h2-10H,1H3,(H,27,28). The maximum absolute atomic E-state index is 13.3. The molecule has 0 atom stereocenters. The molecule has 3 rings (SSSR count). The fourth-order valence-electron chi connectivity index (χ4n) is 2.73.